The number of hydrogen-bond donors (Lipinski definition) is 1. The van der Waals surface area contributed by atoms with E-state index in [4.69, 9.17) is 4.52 Å². The molecule has 3 rings (SSSR count). The zero-order valence-corrected chi connectivity index (χ0v) is 13.5. The molecule has 0 bridgehead atoms. The zero-order valence-electron chi connectivity index (χ0n) is 13.5. The number of rotatable bonds is 2. The highest BCUT2D eigenvalue weighted by molar-refractivity contribution is 5.89. The average molecular weight is 354 g/mol. The van der Waals surface area contributed by atoms with Crippen molar-refractivity contribution < 1.29 is 22.5 Å². The monoisotopic (exact) mass is 354 g/mol. The first kappa shape index (κ1) is 17.2. The first-order chi connectivity index (χ1) is 11.8. The van der Waals surface area contributed by atoms with E-state index in [9.17, 15) is 18.0 Å². The predicted molar refractivity (Wildman–Crippen MR) is 83.0 cm³/mol. The quantitative estimate of drug-likeness (QED) is 0.890. The van der Waals surface area contributed by atoms with Gasteiger partial charge in [-0.1, -0.05) is 5.16 Å². The Balaban J connectivity index is 1.54. The van der Waals surface area contributed by atoms with Crippen molar-refractivity contribution in [3.05, 3.63) is 41.5 Å². The van der Waals surface area contributed by atoms with Crippen molar-refractivity contribution >= 4 is 11.7 Å². The van der Waals surface area contributed by atoms with Gasteiger partial charge in [-0.15, -0.1) is 0 Å². The maximum Gasteiger partial charge on any atom is 0.416 e. The molecule has 9 heteroatoms. The van der Waals surface area contributed by atoms with Crippen LogP contribution >= 0.6 is 0 Å². The molecule has 1 aromatic heterocycles. The molecule has 0 saturated carbocycles. The van der Waals surface area contributed by atoms with Crippen LogP contribution in [0.4, 0.5) is 23.7 Å². The second kappa shape index (κ2) is 6.73. The number of aryl methyl sites for hydroxylation is 1. The maximum absolute atomic E-state index is 12.5. The molecule has 134 valence electrons. The smallest absolute Gasteiger partial charge is 0.339 e. The summed E-state index contributed by atoms with van der Waals surface area (Å²) in [6.07, 6.45) is -3.00. The third kappa shape index (κ3) is 4.09. The SMILES string of the molecule is Cc1noc(C2CCN(C(=O)Nc3ccc(C(F)(F)F)cc3)CC2)n1. The summed E-state index contributed by atoms with van der Waals surface area (Å²) in [5.41, 5.74) is -0.422. The van der Waals surface area contributed by atoms with E-state index in [0.717, 1.165) is 12.1 Å². The fourth-order valence-corrected chi connectivity index (χ4v) is 2.75. The fraction of sp³-hybridized carbons (Fsp3) is 0.438. The number of carbonyl (C=O) groups excluding carboxylic acids is 1. The Morgan fingerprint density at radius 2 is 1.88 bits per heavy atom. The molecule has 1 aromatic carbocycles. The third-order valence-electron chi connectivity index (χ3n) is 4.14. The summed E-state index contributed by atoms with van der Waals surface area (Å²) in [5, 5.41) is 6.38. The molecule has 2 amide bonds. The number of nitrogens with zero attached hydrogens (tertiary/aromatic N) is 3. The molecule has 1 aliphatic heterocycles. The van der Waals surface area contributed by atoms with Crippen molar-refractivity contribution in [3.63, 3.8) is 0 Å². The number of anilines is 1. The van der Waals surface area contributed by atoms with E-state index in [2.05, 4.69) is 15.5 Å². The van der Waals surface area contributed by atoms with Gasteiger partial charge in [0.05, 0.1) is 5.56 Å². The van der Waals surface area contributed by atoms with E-state index >= 15 is 0 Å². The van der Waals surface area contributed by atoms with Gasteiger partial charge in [0.1, 0.15) is 0 Å². The summed E-state index contributed by atoms with van der Waals surface area (Å²) < 4.78 is 42.8. The van der Waals surface area contributed by atoms with Crippen LogP contribution in [0.1, 0.15) is 36.0 Å². The van der Waals surface area contributed by atoms with Crippen LogP contribution in [0.15, 0.2) is 28.8 Å². The number of likely N-dealkylation sites (tertiary alicyclic amines) is 1. The van der Waals surface area contributed by atoms with Gasteiger partial charge in [-0.3, -0.25) is 0 Å². The van der Waals surface area contributed by atoms with E-state index < -0.39 is 11.7 Å². The van der Waals surface area contributed by atoms with Crippen molar-refractivity contribution in [2.75, 3.05) is 18.4 Å². The van der Waals surface area contributed by atoms with E-state index in [1.54, 1.807) is 11.8 Å². The van der Waals surface area contributed by atoms with Crippen LogP contribution in [0.3, 0.4) is 0 Å². The van der Waals surface area contributed by atoms with Gasteiger partial charge in [-0.25, -0.2) is 4.79 Å². The standard InChI is InChI=1S/C16H17F3N4O2/c1-10-20-14(25-22-10)11-6-8-23(9-7-11)15(24)21-13-4-2-12(3-5-13)16(17,18)19/h2-5,11H,6-9H2,1H3,(H,21,24). The number of hydrogen-bond acceptors (Lipinski definition) is 4. The van der Waals surface area contributed by atoms with Crippen molar-refractivity contribution in [3.8, 4) is 0 Å². The number of alkyl halides is 3. The lowest BCUT2D eigenvalue weighted by Crippen LogP contribution is -2.40. The van der Waals surface area contributed by atoms with Gasteiger partial charge in [0.2, 0.25) is 5.89 Å². The summed E-state index contributed by atoms with van der Waals surface area (Å²) in [6, 6.07) is 4.04. The van der Waals surface area contributed by atoms with E-state index in [1.165, 1.54) is 12.1 Å². The highest BCUT2D eigenvalue weighted by Gasteiger charge is 2.30. The van der Waals surface area contributed by atoms with Crippen LogP contribution in [-0.4, -0.2) is 34.2 Å². The van der Waals surface area contributed by atoms with E-state index in [-0.39, 0.29) is 11.9 Å². The van der Waals surface area contributed by atoms with Crippen LogP contribution in [-0.2, 0) is 6.18 Å². The number of nitrogens with one attached hydrogen (secondary N) is 1. The molecule has 2 heterocycles. The number of piperidine rings is 1. The van der Waals surface area contributed by atoms with Crippen LogP contribution in [0.5, 0.6) is 0 Å². The molecule has 6 nitrogen and oxygen atoms in total. The molecule has 25 heavy (non-hydrogen) atoms. The molecule has 0 radical (unpaired) electrons. The van der Waals surface area contributed by atoms with Gasteiger partial charge >= 0.3 is 12.2 Å². The Morgan fingerprint density at radius 3 is 2.40 bits per heavy atom. The fourth-order valence-electron chi connectivity index (χ4n) is 2.75. The largest absolute Gasteiger partial charge is 0.416 e. The summed E-state index contributed by atoms with van der Waals surface area (Å²) in [4.78, 5) is 18.1. The summed E-state index contributed by atoms with van der Waals surface area (Å²) >= 11 is 0. The number of carbonyl (C=O) groups is 1. The van der Waals surface area contributed by atoms with E-state index in [0.29, 0.717) is 43.3 Å². The topological polar surface area (TPSA) is 71.3 Å². The molecule has 0 aliphatic carbocycles. The van der Waals surface area contributed by atoms with Crippen molar-refractivity contribution in [1.29, 1.82) is 0 Å². The molecule has 1 saturated heterocycles. The van der Waals surface area contributed by atoms with Crippen molar-refractivity contribution in [2.45, 2.75) is 31.9 Å². The molecule has 1 fully saturated rings. The first-order valence-corrected chi connectivity index (χ1v) is 7.86. The Hall–Kier alpha value is -2.58. The third-order valence-corrected chi connectivity index (χ3v) is 4.14. The lowest BCUT2D eigenvalue weighted by Gasteiger charge is -2.30. The second-order valence-corrected chi connectivity index (χ2v) is 5.95. The summed E-state index contributed by atoms with van der Waals surface area (Å²) in [6.45, 7) is 2.77. The Labute approximate surface area is 142 Å². The summed E-state index contributed by atoms with van der Waals surface area (Å²) in [7, 11) is 0. The van der Waals surface area contributed by atoms with Crippen molar-refractivity contribution in [1.82, 2.24) is 15.0 Å². The minimum absolute atomic E-state index is 0.122. The highest BCUT2D eigenvalue weighted by Crippen LogP contribution is 2.30. The molecule has 1 aliphatic rings. The lowest BCUT2D eigenvalue weighted by molar-refractivity contribution is -0.137. The Kier molecular flexibility index (Phi) is 4.65. The highest BCUT2D eigenvalue weighted by atomic mass is 19.4. The molecule has 1 N–H and O–H groups in total. The number of halogens is 3. The molecular formula is C16H17F3N4O2. The van der Waals surface area contributed by atoms with Crippen LogP contribution in [0.25, 0.3) is 0 Å². The number of urea groups is 1. The van der Waals surface area contributed by atoms with Crippen LogP contribution in [0.2, 0.25) is 0 Å². The van der Waals surface area contributed by atoms with Crippen LogP contribution in [0, 0.1) is 6.92 Å². The minimum atomic E-state index is -4.39. The second-order valence-electron chi connectivity index (χ2n) is 5.95. The van der Waals surface area contributed by atoms with Crippen LogP contribution < -0.4 is 5.32 Å². The molecule has 0 unspecified atom stereocenters. The molecule has 0 spiro atoms. The molecule has 0 atom stereocenters. The van der Waals surface area contributed by atoms with Crippen molar-refractivity contribution in [2.24, 2.45) is 0 Å². The number of benzene rings is 1. The van der Waals surface area contributed by atoms with Gasteiger partial charge < -0.3 is 14.7 Å². The Morgan fingerprint density at radius 1 is 1.24 bits per heavy atom. The first-order valence-electron chi connectivity index (χ1n) is 7.86. The predicted octanol–water partition coefficient (Wildman–Crippen LogP) is 3.81. The van der Waals surface area contributed by atoms with Gasteiger partial charge in [0, 0.05) is 24.7 Å². The van der Waals surface area contributed by atoms with E-state index in [1.807, 2.05) is 0 Å². The zero-order chi connectivity index (χ0) is 18.0. The molecular weight excluding hydrogens is 337 g/mol. The number of aromatic nitrogens is 2. The Bertz CT molecular complexity index is 735. The maximum atomic E-state index is 12.5. The minimum Gasteiger partial charge on any atom is -0.339 e. The molecule has 2 aromatic rings. The van der Waals surface area contributed by atoms with Gasteiger partial charge in [-0.2, -0.15) is 18.2 Å². The number of amides is 2. The van der Waals surface area contributed by atoms with Gasteiger partial charge in [0.15, 0.2) is 5.82 Å². The summed E-state index contributed by atoms with van der Waals surface area (Å²) in [5.74, 6) is 1.29. The average Bonchev–Trinajstić information content (AvgIpc) is 3.01. The van der Waals surface area contributed by atoms with Gasteiger partial charge in [0.25, 0.3) is 0 Å². The lowest BCUT2D eigenvalue weighted by atomic mass is 9.97. The van der Waals surface area contributed by atoms with Gasteiger partial charge in [-0.05, 0) is 44.0 Å². The normalized spacial score (nSPS) is 16.1.